The molecular weight excluding hydrogens is 376 g/mol. The maximum Gasteiger partial charge on any atom is 0.0456 e. The molecule has 0 spiro atoms. The number of aromatic amines is 1. The Morgan fingerprint density at radius 3 is 2.26 bits per heavy atom. The summed E-state index contributed by atoms with van der Waals surface area (Å²) >= 11 is 0. The van der Waals surface area contributed by atoms with Crippen LogP contribution in [0.3, 0.4) is 0 Å². The Morgan fingerprint density at radius 2 is 1.58 bits per heavy atom. The van der Waals surface area contributed by atoms with E-state index in [0.29, 0.717) is 0 Å². The molecule has 0 aliphatic carbocycles. The molecule has 0 saturated heterocycles. The predicted molar refractivity (Wildman–Crippen MR) is 136 cm³/mol. The number of rotatable bonds is 6. The first-order valence-corrected chi connectivity index (χ1v) is 11.2. The third-order valence-electron chi connectivity index (χ3n) is 5.66. The summed E-state index contributed by atoms with van der Waals surface area (Å²) in [6.45, 7) is 15.6. The third kappa shape index (κ3) is 5.08. The van der Waals surface area contributed by atoms with Crippen LogP contribution in [0.5, 0.6) is 0 Å². The zero-order valence-corrected chi connectivity index (χ0v) is 19.5. The molecule has 0 aliphatic rings. The molecule has 0 bridgehead atoms. The summed E-state index contributed by atoms with van der Waals surface area (Å²) in [6, 6.07) is 21.7. The van der Waals surface area contributed by atoms with Gasteiger partial charge in [-0.1, -0.05) is 74.5 Å². The van der Waals surface area contributed by atoms with Crippen molar-refractivity contribution in [2.24, 2.45) is 0 Å². The lowest BCUT2D eigenvalue weighted by Gasteiger charge is -2.13. The summed E-state index contributed by atoms with van der Waals surface area (Å²) in [7, 11) is 0. The van der Waals surface area contributed by atoms with Gasteiger partial charge in [0.2, 0.25) is 0 Å². The minimum Gasteiger partial charge on any atom is -0.385 e. The Labute approximate surface area is 187 Å². The number of H-pyrrole nitrogens is 1. The van der Waals surface area contributed by atoms with Gasteiger partial charge < -0.3 is 10.3 Å². The van der Waals surface area contributed by atoms with Crippen molar-refractivity contribution in [3.63, 3.8) is 0 Å². The van der Waals surface area contributed by atoms with Crippen LogP contribution in [0.1, 0.15) is 41.7 Å². The SMILES string of the molecule is C=C(NCCc1c[nH]c2ccc(C)cc12)c1ccc(-c2c(C)cccc2C)cc1.CC. The van der Waals surface area contributed by atoms with Crippen LogP contribution >= 0.6 is 0 Å². The van der Waals surface area contributed by atoms with Crippen molar-refractivity contribution < 1.29 is 0 Å². The fourth-order valence-corrected chi connectivity index (χ4v) is 4.06. The molecule has 0 fully saturated rings. The van der Waals surface area contributed by atoms with Crippen molar-refractivity contribution in [3.8, 4) is 11.1 Å². The van der Waals surface area contributed by atoms with Gasteiger partial charge in [0.25, 0.3) is 0 Å². The van der Waals surface area contributed by atoms with Crippen molar-refractivity contribution in [2.45, 2.75) is 41.0 Å². The topological polar surface area (TPSA) is 27.8 Å². The van der Waals surface area contributed by atoms with Gasteiger partial charge in [0.15, 0.2) is 0 Å². The highest BCUT2D eigenvalue weighted by molar-refractivity contribution is 5.84. The molecule has 0 radical (unpaired) electrons. The highest BCUT2D eigenvalue weighted by Gasteiger charge is 2.07. The second-order valence-electron chi connectivity index (χ2n) is 7.86. The molecule has 4 rings (SSSR count). The van der Waals surface area contributed by atoms with E-state index in [0.717, 1.165) is 24.2 Å². The lowest BCUT2D eigenvalue weighted by molar-refractivity contribution is 0.853. The number of aryl methyl sites for hydroxylation is 3. The van der Waals surface area contributed by atoms with E-state index in [1.165, 1.54) is 44.3 Å². The zero-order chi connectivity index (χ0) is 22.4. The molecule has 4 aromatic rings. The van der Waals surface area contributed by atoms with Gasteiger partial charge in [-0.15, -0.1) is 0 Å². The molecule has 1 heterocycles. The van der Waals surface area contributed by atoms with Gasteiger partial charge in [-0.2, -0.15) is 0 Å². The van der Waals surface area contributed by atoms with Gasteiger partial charge in [0.05, 0.1) is 0 Å². The van der Waals surface area contributed by atoms with Crippen LogP contribution in [-0.4, -0.2) is 11.5 Å². The van der Waals surface area contributed by atoms with E-state index in [1.807, 2.05) is 13.8 Å². The maximum absolute atomic E-state index is 4.24. The standard InChI is InChI=1S/C27H28N2.C2H6/c1-18-8-13-26-25(16-18)24(17-29-26)14-15-28-21(4)22-9-11-23(12-10-22)27-19(2)6-5-7-20(27)3;1-2/h5-13,16-17,28-29H,4,14-15H2,1-3H3;1-2H3. The molecule has 2 heteroatoms. The molecule has 2 N–H and O–H groups in total. The lowest BCUT2D eigenvalue weighted by Crippen LogP contribution is -2.14. The quantitative estimate of drug-likeness (QED) is 0.337. The smallest absolute Gasteiger partial charge is 0.0456 e. The first kappa shape index (κ1) is 22.4. The van der Waals surface area contributed by atoms with E-state index in [-0.39, 0.29) is 0 Å². The van der Waals surface area contributed by atoms with Crippen molar-refractivity contribution in [3.05, 3.63) is 101 Å². The Bertz CT molecular complexity index is 1140. The lowest BCUT2D eigenvalue weighted by atomic mass is 9.95. The van der Waals surface area contributed by atoms with Crippen LogP contribution in [0.2, 0.25) is 0 Å². The first-order chi connectivity index (χ1) is 15.0. The van der Waals surface area contributed by atoms with Crippen LogP contribution < -0.4 is 5.32 Å². The Morgan fingerprint density at radius 1 is 0.903 bits per heavy atom. The molecular formula is C29H34N2. The fourth-order valence-electron chi connectivity index (χ4n) is 4.06. The Kier molecular flexibility index (Phi) is 7.36. The summed E-state index contributed by atoms with van der Waals surface area (Å²) in [4.78, 5) is 3.37. The largest absolute Gasteiger partial charge is 0.385 e. The molecule has 3 aromatic carbocycles. The number of nitrogens with one attached hydrogen (secondary N) is 2. The maximum atomic E-state index is 4.24. The molecule has 0 unspecified atom stereocenters. The van der Waals surface area contributed by atoms with E-state index in [4.69, 9.17) is 0 Å². The van der Waals surface area contributed by atoms with E-state index in [2.05, 4.69) is 105 Å². The second-order valence-corrected chi connectivity index (χ2v) is 7.86. The average Bonchev–Trinajstić information content (AvgIpc) is 3.17. The van der Waals surface area contributed by atoms with Crippen molar-refractivity contribution >= 4 is 16.6 Å². The Hall–Kier alpha value is -3.26. The van der Waals surface area contributed by atoms with Gasteiger partial charge in [-0.25, -0.2) is 0 Å². The van der Waals surface area contributed by atoms with E-state index < -0.39 is 0 Å². The van der Waals surface area contributed by atoms with Crippen LogP contribution in [0.4, 0.5) is 0 Å². The number of hydrogen-bond donors (Lipinski definition) is 2. The summed E-state index contributed by atoms with van der Waals surface area (Å²) in [5, 5.41) is 4.81. The zero-order valence-electron chi connectivity index (χ0n) is 19.5. The van der Waals surface area contributed by atoms with Gasteiger partial charge in [-0.3, -0.25) is 0 Å². The van der Waals surface area contributed by atoms with Crippen molar-refractivity contribution in [1.82, 2.24) is 10.3 Å². The van der Waals surface area contributed by atoms with Crippen LogP contribution in [-0.2, 0) is 6.42 Å². The van der Waals surface area contributed by atoms with E-state index in [9.17, 15) is 0 Å². The van der Waals surface area contributed by atoms with Crippen LogP contribution in [0.25, 0.3) is 27.7 Å². The van der Waals surface area contributed by atoms with Crippen LogP contribution in [0.15, 0.2) is 73.4 Å². The van der Waals surface area contributed by atoms with Crippen LogP contribution in [0, 0.1) is 20.8 Å². The minimum atomic E-state index is 0.860. The molecule has 1 aromatic heterocycles. The average molecular weight is 411 g/mol. The summed E-state index contributed by atoms with van der Waals surface area (Å²) < 4.78 is 0. The summed E-state index contributed by atoms with van der Waals surface area (Å²) in [6.07, 6.45) is 3.08. The Balaban J connectivity index is 0.00000132. The number of benzene rings is 3. The molecule has 2 nitrogen and oxygen atoms in total. The number of hydrogen-bond acceptors (Lipinski definition) is 1. The normalized spacial score (nSPS) is 10.5. The fraction of sp³-hybridized carbons (Fsp3) is 0.241. The third-order valence-corrected chi connectivity index (χ3v) is 5.66. The molecule has 0 saturated carbocycles. The van der Waals surface area contributed by atoms with Crippen molar-refractivity contribution in [2.75, 3.05) is 6.54 Å². The predicted octanol–water partition coefficient (Wildman–Crippen LogP) is 7.59. The minimum absolute atomic E-state index is 0.860. The van der Waals surface area contributed by atoms with Gasteiger partial charge >= 0.3 is 0 Å². The van der Waals surface area contributed by atoms with E-state index in [1.54, 1.807) is 0 Å². The summed E-state index contributed by atoms with van der Waals surface area (Å²) in [5.74, 6) is 0. The highest BCUT2D eigenvalue weighted by Crippen LogP contribution is 2.28. The number of aromatic nitrogens is 1. The van der Waals surface area contributed by atoms with Crippen molar-refractivity contribution in [1.29, 1.82) is 0 Å². The van der Waals surface area contributed by atoms with E-state index >= 15 is 0 Å². The first-order valence-electron chi connectivity index (χ1n) is 11.2. The summed E-state index contributed by atoms with van der Waals surface area (Å²) in [5.41, 5.74) is 11.1. The highest BCUT2D eigenvalue weighted by atomic mass is 14.9. The molecule has 0 atom stereocenters. The molecule has 31 heavy (non-hydrogen) atoms. The molecule has 160 valence electrons. The van der Waals surface area contributed by atoms with Gasteiger partial charge in [0.1, 0.15) is 0 Å². The van der Waals surface area contributed by atoms with Gasteiger partial charge in [0, 0.05) is 29.3 Å². The number of fused-ring (bicyclic) bond motifs is 1. The monoisotopic (exact) mass is 410 g/mol. The van der Waals surface area contributed by atoms with Gasteiger partial charge in [-0.05, 0) is 72.7 Å². The molecule has 0 aliphatic heterocycles. The molecule has 0 amide bonds. The second kappa shape index (κ2) is 10.2.